The average molecular weight is 400 g/mol. The predicted molar refractivity (Wildman–Crippen MR) is 113 cm³/mol. The number of anilines is 1. The van der Waals surface area contributed by atoms with Gasteiger partial charge in [0, 0.05) is 24.1 Å². The summed E-state index contributed by atoms with van der Waals surface area (Å²) in [7, 11) is 0. The van der Waals surface area contributed by atoms with E-state index < -0.39 is 0 Å². The lowest BCUT2D eigenvalue weighted by molar-refractivity contribution is 0.102. The van der Waals surface area contributed by atoms with Gasteiger partial charge in [0.2, 0.25) is 0 Å². The summed E-state index contributed by atoms with van der Waals surface area (Å²) in [6, 6.07) is 17.2. The molecule has 7 heteroatoms. The van der Waals surface area contributed by atoms with E-state index in [1.807, 2.05) is 60.3 Å². The normalized spacial score (nSPS) is 12.6. The molecule has 0 aliphatic carbocycles. The fourth-order valence-electron chi connectivity index (χ4n) is 3.42. The van der Waals surface area contributed by atoms with Gasteiger partial charge >= 0.3 is 0 Å². The first-order chi connectivity index (χ1) is 14.7. The van der Waals surface area contributed by atoms with Crippen LogP contribution in [-0.4, -0.2) is 33.5 Å². The molecule has 2 aromatic heterocycles. The molecule has 4 aromatic rings. The van der Waals surface area contributed by atoms with Crippen LogP contribution in [0.1, 0.15) is 15.9 Å². The molecule has 1 N–H and O–H groups in total. The van der Waals surface area contributed by atoms with Crippen LogP contribution >= 0.6 is 0 Å². The van der Waals surface area contributed by atoms with Gasteiger partial charge in [0.15, 0.2) is 17.3 Å². The van der Waals surface area contributed by atoms with Crippen LogP contribution in [0.25, 0.3) is 11.5 Å². The fraction of sp³-hybridized carbons (Fsp3) is 0.130. The van der Waals surface area contributed by atoms with E-state index >= 15 is 0 Å². The van der Waals surface area contributed by atoms with Crippen molar-refractivity contribution in [1.29, 1.82) is 0 Å². The minimum Gasteiger partial charge on any atom is -0.486 e. The van der Waals surface area contributed by atoms with Crippen molar-refractivity contribution in [2.45, 2.75) is 6.92 Å². The Balaban J connectivity index is 1.51. The number of aromatic nitrogens is 3. The highest BCUT2D eigenvalue weighted by Crippen LogP contribution is 2.33. The van der Waals surface area contributed by atoms with Crippen LogP contribution in [0.2, 0.25) is 0 Å². The Morgan fingerprint density at radius 1 is 1.00 bits per heavy atom. The second-order valence-corrected chi connectivity index (χ2v) is 7.03. The summed E-state index contributed by atoms with van der Waals surface area (Å²) in [5.74, 6) is 1.71. The standard InChI is InChI=1S/C23H20N4O3/c1-16-4-7-18(8-5-16)27-23(26-10-2-3-11-26)19(15-24-27)22(28)25-17-6-9-20-21(14-17)30-13-12-29-20/h2-11,14-15H,12-13H2,1H3,(H,25,28). The molecule has 0 saturated carbocycles. The number of ether oxygens (including phenoxy) is 2. The van der Waals surface area contributed by atoms with Crippen LogP contribution in [0.15, 0.2) is 73.2 Å². The third-order valence-electron chi connectivity index (χ3n) is 4.92. The highest BCUT2D eigenvalue weighted by Gasteiger charge is 2.21. The van der Waals surface area contributed by atoms with Gasteiger partial charge in [-0.05, 0) is 43.3 Å². The van der Waals surface area contributed by atoms with Crippen molar-refractivity contribution in [3.8, 4) is 23.0 Å². The summed E-state index contributed by atoms with van der Waals surface area (Å²) in [4.78, 5) is 13.1. The van der Waals surface area contributed by atoms with Crippen molar-refractivity contribution >= 4 is 11.6 Å². The van der Waals surface area contributed by atoms with Gasteiger partial charge in [-0.2, -0.15) is 5.10 Å². The maximum Gasteiger partial charge on any atom is 0.261 e. The average Bonchev–Trinajstić information content (AvgIpc) is 3.44. The van der Waals surface area contributed by atoms with Gasteiger partial charge in [-0.3, -0.25) is 4.79 Å². The quantitative estimate of drug-likeness (QED) is 0.562. The number of hydrogen-bond donors (Lipinski definition) is 1. The second kappa shape index (κ2) is 7.44. The third kappa shape index (κ3) is 3.30. The van der Waals surface area contributed by atoms with Gasteiger partial charge in [-0.25, -0.2) is 4.68 Å². The van der Waals surface area contributed by atoms with Crippen LogP contribution in [0.5, 0.6) is 11.5 Å². The minimum absolute atomic E-state index is 0.256. The van der Waals surface area contributed by atoms with Crippen LogP contribution in [0, 0.1) is 6.92 Å². The number of fused-ring (bicyclic) bond motifs is 1. The molecular formula is C23H20N4O3. The van der Waals surface area contributed by atoms with Gasteiger partial charge in [-0.15, -0.1) is 0 Å². The SMILES string of the molecule is Cc1ccc(-n2ncc(C(=O)Nc3ccc4c(c3)OCCO4)c2-n2cccc2)cc1. The number of nitrogens with one attached hydrogen (secondary N) is 1. The van der Waals surface area contributed by atoms with Crippen LogP contribution in [-0.2, 0) is 0 Å². The fourth-order valence-corrected chi connectivity index (χ4v) is 3.42. The zero-order valence-corrected chi connectivity index (χ0v) is 16.4. The van der Waals surface area contributed by atoms with Crippen molar-refractivity contribution in [2.24, 2.45) is 0 Å². The Morgan fingerprint density at radius 2 is 1.73 bits per heavy atom. The summed E-state index contributed by atoms with van der Waals surface area (Å²) in [5.41, 5.74) is 3.13. The Hall–Kier alpha value is -4.00. The van der Waals surface area contributed by atoms with E-state index in [2.05, 4.69) is 10.4 Å². The Labute approximate surface area is 173 Å². The molecule has 2 aromatic carbocycles. The Kier molecular flexibility index (Phi) is 4.48. The summed E-state index contributed by atoms with van der Waals surface area (Å²) >= 11 is 0. The van der Waals surface area contributed by atoms with Crippen molar-refractivity contribution in [2.75, 3.05) is 18.5 Å². The molecule has 3 heterocycles. The van der Waals surface area contributed by atoms with E-state index in [-0.39, 0.29) is 5.91 Å². The number of hydrogen-bond acceptors (Lipinski definition) is 4. The van der Waals surface area contributed by atoms with E-state index in [0.29, 0.717) is 41.8 Å². The largest absolute Gasteiger partial charge is 0.486 e. The first kappa shape index (κ1) is 18.1. The smallest absolute Gasteiger partial charge is 0.261 e. The van der Waals surface area contributed by atoms with Gasteiger partial charge in [0.1, 0.15) is 18.8 Å². The number of nitrogens with zero attached hydrogens (tertiary/aromatic N) is 3. The van der Waals surface area contributed by atoms with Crippen LogP contribution in [0.4, 0.5) is 5.69 Å². The monoisotopic (exact) mass is 400 g/mol. The molecule has 150 valence electrons. The minimum atomic E-state index is -0.256. The number of carbonyl (C=O) groups is 1. The first-order valence-corrected chi connectivity index (χ1v) is 9.68. The molecule has 5 rings (SSSR count). The Bertz CT molecular complexity index is 1190. The number of benzene rings is 2. The van der Waals surface area contributed by atoms with Crippen molar-refractivity contribution < 1.29 is 14.3 Å². The van der Waals surface area contributed by atoms with Crippen molar-refractivity contribution in [1.82, 2.24) is 14.3 Å². The molecule has 30 heavy (non-hydrogen) atoms. The summed E-state index contributed by atoms with van der Waals surface area (Å²) < 4.78 is 14.8. The van der Waals surface area contributed by atoms with E-state index in [0.717, 1.165) is 11.3 Å². The summed E-state index contributed by atoms with van der Waals surface area (Å²) in [6.07, 6.45) is 5.37. The molecule has 7 nitrogen and oxygen atoms in total. The maximum absolute atomic E-state index is 13.1. The van der Waals surface area contributed by atoms with Gasteiger partial charge in [0.25, 0.3) is 5.91 Å². The first-order valence-electron chi connectivity index (χ1n) is 9.68. The highest BCUT2D eigenvalue weighted by molar-refractivity contribution is 6.06. The van der Waals surface area contributed by atoms with Gasteiger partial charge in [0.05, 0.1) is 11.9 Å². The van der Waals surface area contributed by atoms with E-state index in [1.165, 1.54) is 0 Å². The molecule has 0 radical (unpaired) electrons. The lowest BCUT2D eigenvalue weighted by atomic mass is 10.2. The lowest BCUT2D eigenvalue weighted by Crippen LogP contribution is -2.17. The van der Waals surface area contributed by atoms with Crippen LogP contribution in [0.3, 0.4) is 0 Å². The zero-order valence-electron chi connectivity index (χ0n) is 16.4. The van der Waals surface area contributed by atoms with E-state index in [1.54, 1.807) is 29.1 Å². The molecule has 0 unspecified atom stereocenters. The predicted octanol–water partition coefficient (Wildman–Crippen LogP) is 3.99. The maximum atomic E-state index is 13.1. The van der Waals surface area contributed by atoms with Crippen molar-refractivity contribution in [3.05, 3.63) is 84.3 Å². The molecular weight excluding hydrogens is 380 g/mol. The summed E-state index contributed by atoms with van der Waals surface area (Å²) in [5, 5.41) is 7.44. The molecule has 0 bridgehead atoms. The molecule has 1 amide bonds. The third-order valence-corrected chi connectivity index (χ3v) is 4.92. The number of carbonyl (C=O) groups excluding carboxylic acids is 1. The van der Waals surface area contributed by atoms with Crippen LogP contribution < -0.4 is 14.8 Å². The number of rotatable bonds is 4. The molecule has 1 aliphatic rings. The topological polar surface area (TPSA) is 70.3 Å². The van der Waals surface area contributed by atoms with E-state index in [4.69, 9.17) is 9.47 Å². The molecule has 0 atom stereocenters. The van der Waals surface area contributed by atoms with Gasteiger partial charge < -0.3 is 19.4 Å². The molecule has 1 aliphatic heterocycles. The lowest BCUT2D eigenvalue weighted by Gasteiger charge is -2.19. The van der Waals surface area contributed by atoms with Gasteiger partial charge in [-0.1, -0.05) is 17.7 Å². The Morgan fingerprint density at radius 3 is 2.50 bits per heavy atom. The number of amides is 1. The zero-order chi connectivity index (χ0) is 20.5. The van der Waals surface area contributed by atoms with Crippen molar-refractivity contribution in [3.63, 3.8) is 0 Å². The molecule has 0 saturated heterocycles. The summed E-state index contributed by atoms with van der Waals surface area (Å²) in [6.45, 7) is 3.05. The molecule has 0 fully saturated rings. The second-order valence-electron chi connectivity index (χ2n) is 7.03. The highest BCUT2D eigenvalue weighted by atomic mass is 16.6. The van der Waals surface area contributed by atoms with E-state index in [9.17, 15) is 4.79 Å². The molecule has 0 spiro atoms. The number of aryl methyl sites for hydroxylation is 1.